The summed E-state index contributed by atoms with van der Waals surface area (Å²) in [5.41, 5.74) is -0.478. The molecule has 0 aromatic heterocycles. The highest BCUT2D eigenvalue weighted by Crippen LogP contribution is 2.33. The number of nitrogens with one attached hydrogen (secondary N) is 2. The van der Waals surface area contributed by atoms with Gasteiger partial charge in [-0.1, -0.05) is 6.07 Å². The van der Waals surface area contributed by atoms with E-state index in [9.17, 15) is 17.6 Å². The lowest BCUT2D eigenvalue weighted by atomic mass is 10.1. The average Bonchev–Trinajstić information content (AvgIpc) is 2.90. The van der Waals surface area contributed by atoms with Crippen molar-refractivity contribution in [3.05, 3.63) is 53.3 Å². The number of ether oxygens (including phenoxy) is 2. The van der Waals surface area contributed by atoms with Gasteiger partial charge in [0, 0.05) is 31.8 Å². The maximum atomic E-state index is 13.2. The van der Waals surface area contributed by atoms with Crippen molar-refractivity contribution in [1.29, 1.82) is 0 Å². The summed E-state index contributed by atoms with van der Waals surface area (Å²) in [5.74, 6) is 0.528. The fourth-order valence-corrected chi connectivity index (χ4v) is 2.70. The second kappa shape index (κ2) is 9.99. The zero-order valence-corrected chi connectivity index (χ0v) is 17.8. The van der Waals surface area contributed by atoms with Gasteiger partial charge < -0.3 is 20.1 Å². The Hall–Kier alpha value is -2.24. The summed E-state index contributed by atoms with van der Waals surface area (Å²) in [5, 5.41) is 5.79. The first kappa shape index (κ1) is 23.0. The van der Waals surface area contributed by atoms with Crippen LogP contribution in [0.4, 0.5) is 23.2 Å². The van der Waals surface area contributed by atoms with Gasteiger partial charge in [-0.25, -0.2) is 4.39 Å². The zero-order chi connectivity index (χ0) is 20.1. The molecule has 2 N–H and O–H groups in total. The SMILES string of the molecule is CN=C(NCc1ccc(F)cc1C(F)(F)F)Nc1ccc2c(c1)OCCCO2.I. The summed E-state index contributed by atoms with van der Waals surface area (Å²) in [6.45, 7) is 0.926. The molecule has 0 radical (unpaired) electrons. The smallest absolute Gasteiger partial charge is 0.416 e. The Bertz CT molecular complexity index is 875. The minimum atomic E-state index is -4.65. The summed E-state index contributed by atoms with van der Waals surface area (Å²) < 4.78 is 63.7. The molecule has 0 spiro atoms. The molecule has 0 saturated carbocycles. The lowest BCUT2D eigenvalue weighted by Crippen LogP contribution is -2.31. The van der Waals surface area contributed by atoms with E-state index in [4.69, 9.17) is 9.47 Å². The van der Waals surface area contributed by atoms with Gasteiger partial charge in [0.15, 0.2) is 17.5 Å². The zero-order valence-electron chi connectivity index (χ0n) is 15.5. The van der Waals surface area contributed by atoms with Crippen molar-refractivity contribution >= 4 is 35.6 Å². The van der Waals surface area contributed by atoms with E-state index in [1.165, 1.54) is 7.05 Å². The predicted molar refractivity (Wildman–Crippen MR) is 113 cm³/mol. The quantitative estimate of drug-likeness (QED) is 0.262. The van der Waals surface area contributed by atoms with E-state index >= 15 is 0 Å². The molecule has 2 aromatic carbocycles. The van der Waals surface area contributed by atoms with Crippen molar-refractivity contribution in [3.63, 3.8) is 0 Å². The van der Waals surface area contributed by atoms with Crippen molar-refractivity contribution in [2.75, 3.05) is 25.6 Å². The lowest BCUT2D eigenvalue weighted by molar-refractivity contribution is -0.138. The first-order chi connectivity index (χ1) is 13.4. The molecule has 3 rings (SSSR count). The highest BCUT2D eigenvalue weighted by Gasteiger charge is 2.33. The molecular weight excluding hydrogens is 505 g/mol. The molecule has 158 valence electrons. The molecule has 29 heavy (non-hydrogen) atoms. The Kier molecular flexibility index (Phi) is 7.94. The number of benzene rings is 2. The Morgan fingerprint density at radius 3 is 2.48 bits per heavy atom. The van der Waals surface area contributed by atoms with Crippen LogP contribution in [-0.2, 0) is 12.7 Å². The number of rotatable bonds is 3. The molecule has 0 saturated heterocycles. The fraction of sp³-hybridized carbons (Fsp3) is 0.316. The third-order valence-corrected chi connectivity index (χ3v) is 4.06. The van der Waals surface area contributed by atoms with Crippen molar-refractivity contribution in [2.45, 2.75) is 19.1 Å². The van der Waals surface area contributed by atoms with Crippen LogP contribution in [0.25, 0.3) is 0 Å². The van der Waals surface area contributed by atoms with Crippen LogP contribution in [0.1, 0.15) is 17.5 Å². The minimum Gasteiger partial charge on any atom is -0.490 e. The van der Waals surface area contributed by atoms with Crippen molar-refractivity contribution in [3.8, 4) is 11.5 Å². The Labute approximate surface area is 182 Å². The Morgan fingerprint density at radius 2 is 1.79 bits per heavy atom. The van der Waals surface area contributed by atoms with Crippen LogP contribution >= 0.6 is 24.0 Å². The van der Waals surface area contributed by atoms with Crippen LogP contribution in [0, 0.1) is 5.82 Å². The summed E-state index contributed by atoms with van der Waals surface area (Å²) in [6, 6.07) is 7.80. The number of hydrogen-bond acceptors (Lipinski definition) is 3. The molecule has 1 aliphatic heterocycles. The van der Waals surface area contributed by atoms with Crippen molar-refractivity contribution < 1.29 is 27.0 Å². The van der Waals surface area contributed by atoms with Crippen LogP contribution in [-0.4, -0.2) is 26.2 Å². The largest absolute Gasteiger partial charge is 0.490 e. The van der Waals surface area contributed by atoms with Gasteiger partial charge in [-0.15, -0.1) is 24.0 Å². The standard InChI is InChI=1S/C19H19F4N3O2.HI/c1-24-18(25-11-12-3-4-13(20)9-15(12)19(21,22)23)26-14-5-6-16-17(10-14)28-8-2-7-27-16;/h3-6,9-10H,2,7-8,11H2,1H3,(H2,24,25,26);1H. The van der Waals surface area contributed by atoms with Crippen molar-refractivity contribution in [2.24, 2.45) is 4.99 Å². The van der Waals surface area contributed by atoms with Gasteiger partial charge in [0.2, 0.25) is 0 Å². The van der Waals surface area contributed by atoms with Gasteiger partial charge in [-0.3, -0.25) is 4.99 Å². The first-order valence-electron chi connectivity index (χ1n) is 8.60. The van der Waals surface area contributed by atoms with Crippen molar-refractivity contribution in [1.82, 2.24) is 5.32 Å². The molecular formula is C19H20F4IN3O2. The average molecular weight is 525 g/mol. The minimum absolute atomic E-state index is 0. The first-order valence-corrected chi connectivity index (χ1v) is 8.60. The molecule has 0 atom stereocenters. The molecule has 2 aromatic rings. The van der Waals surface area contributed by atoms with E-state index in [1.807, 2.05) is 0 Å². The molecule has 1 heterocycles. The topological polar surface area (TPSA) is 54.9 Å². The number of alkyl halides is 3. The van der Waals surface area contributed by atoms with Crippen LogP contribution in [0.2, 0.25) is 0 Å². The third kappa shape index (κ3) is 6.12. The van der Waals surface area contributed by atoms with E-state index in [1.54, 1.807) is 18.2 Å². The normalized spacial score (nSPS) is 13.9. The van der Waals surface area contributed by atoms with Crippen LogP contribution in [0.15, 0.2) is 41.4 Å². The fourth-order valence-electron chi connectivity index (χ4n) is 2.70. The second-order valence-corrected chi connectivity index (χ2v) is 6.06. The molecule has 0 fully saturated rings. The van der Waals surface area contributed by atoms with Gasteiger partial charge in [-0.05, 0) is 29.8 Å². The maximum absolute atomic E-state index is 13.2. The summed E-state index contributed by atoms with van der Waals surface area (Å²) >= 11 is 0. The Morgan fingerprint density at radius 1 is 1.07 bits per heavy atom. The number of nitrogens with zero attached hydrogens (tertiary/aromatic N) is 1. The van der Waals surface area contributed by atoms with Gasteiger partial charge in [0.25, 0.3) is 0 Å². The lowest BCUT2D eigenvalue weighted by Gasteiger charge is -2.16. The number of anilines is 1. The molecule has 0 unspecified atom stereocenters. The number of aliphatic imine (C=N–C) groups is 1. The van der Waals surface area contributed by atoms with E-state index in [-0.39, 0.29) is 42.0 Å². The van der Waals surface area contributed by atoms with Crippen LogP contribution < -0.4 is 20.1 Å². The molecule has 10 heteroatoms. The van der Waals surface area contributed by atoms with Crippen LogP contribution in [0.3, 0.4) is 0 Å². The molecule has 0 aliphatic carbocycles. The molecule has 0 amide bonds. The van der Waals surface area contributed by atoms with E-state index < -0.39 is 17.6 Å². The van der Waals surface area contributed by atoms with Gasteiger partial charge in [0.1, 0.15) is 5.82 Å². The highest BCUT2D eigenvalue weighted by molar-refractivity contribution is 14.0. The highest BCUT2D eigenvalue weighted by atomic mass is 127. The number of hydrogen-bond donors (Lipinski definition) is 2. The van der Waals surface area contributed by atoms with E-state index in [2.05, 4.69) is 15.6 Å². The third-order valence-electron chi connectivity index (χ3n) is 4.06. The molecule has 0 bridgehead atoms. The molecule has 1 aliphatic rings. The van der Waals surface area contributed by atoms with Gasteiger partial charge in [-0.2, -0.15) is 13.2 Å². The van der Waals surface area contributed by atoms with Gasteiger partial charge >= 0.3 is 6.18 Å². The number of halogens is 5. The van der Waals surface area contributed by atoms with E-state index in [0.29, 0.717) is 36.5 Å². The van der Waals surface area contributed by atoms with E-state index in [0.717, 1.165) is 18.6 Å². The van der Waals surface area contributed by atoms with Gasteiger partial charge in [0.05, 0.1) is 18.8 Å². The monoisotopic (exact) mass is 525 g/mol. The van der Waals surface area contributed by atoms with Crippen LogP contribution in [0.5, 0.6) is 11.5 Å². The Balaban J connectivity index is 0.00000300. The summed E-state index contributed by atoms with van der Waals surface area (Å²) in [7, 11) is 1.49. The molecule has 5 nitrogen and oxygen atoms in total. The summed E-state index contributed by atoms with van der Waals surface area (Å²) in [4.78, 5) is 4.01. The summed E-state index contributed by atoms with van der Waals surface area (Å²) in [6.07, 6.45) is -3.87. The number of fused-ring (bicyclic) bond motifs is 1. The second-order valence-electron chi connectivity index (χ2n) is 6.06. The maximum Gasteiger partial charge on any atom is 0.416 e. The number of guanidine groups is 1. The predicted octanol–water partition coefficient (Wildman–Crippen LogP) is 4.81.